The second-order valence-corrected chi connectivity index (χ2v) is 5.48. The molecule has 0 saturated heterocycles. The van der Waals surface area contributed by atoms with E-state index in [2.05, 4.69) is 16.0 Å². The molecule has 0 fully saturated rings. The first kappa shape index (κ1) is 18.4. The molecule has 0 radical (unpaired) electrons. The Morgan fingerprint density at radius 3 is 2.40 bits per heavy atom. The van der Waals surface area contributed by atoms with Crippen LogP contribution >= 0.6 is 0 Å². The number of nitrogens with one attached hydrogen (secondary N) is 3. The molecular formula is C18H19F2N3O2. The second kappa shape index (κ2) is 8.77. The Hall–Kier alpha value is -2.96. The largest absolute Gasteiger partial charge is 0.348 e. The molecule has 3 N–H and O–H groups in total. The van der Waals surface area contributed by atoms with E-state index in [4.69, 9.17) is 0 Å². The van der Waals surface area contributed by atoms with Crippen molar-refractivity contribution in [2.75, 3.05) is 6.54 Å². The predicted octanol–water partition coefficient (Wildman–Crippen LogP) is 2.64. The zero-order chi connectivity index (χ0) is 18.2. The van der Waals surface area contributed by atoms with Crippen molar-refractivity contribution in [3.05, 3.63) is 71.3 Å². The Morgan fingerprint density at radius 2 is 1.72 bits per heavy atom. The summed E-state index contributed by atoms with van der Waals surface area (Å²) in [6.07, 6.45) is 0. The van der Waals surface area contributed by atoms with Crippen molar-refractivity contribution >= 4 is 11.9 Å². The van der Waals surface area contributed by atoms with E-state index in [0.717, 1.165) is 17.7 Å². The normalized spacial score (nSPS) is 11.5. The molecule has 2 aromatic carbocycles. The third-order valence-electron chi connectivity index (χ3n) is 3.53. The maximum absolute atomic E-state index is 13.2. The highest BCUT2D eigenvalue weighted by Gasteiger charge is 2.12. The standard InChI is InChI=1S/C18H19F2N3O2/c1-12(14-7-8-15(19)16(20)9-14)23-17(24)11-22-18(25)21-10-13-5-3-2-4-6-13/h2-9,12H,10-11H2,1H3,(H,23,24)(H2,21,22,25). The zero-order valence-corrected chi connectivity index (χ0v) is 13.7. The van der Waals surface area contributed by atoms with Crippen molar-refractivity contribution in [2.45, 2.75) is 19.5 Å². The Labute approximate surface area is 144 Å². The fraction of sp³-hybridized carbons (Fsp3) is 0.222. The van der Waals surface area contributed by atoms with Crippen molar-refractivity contribution in [3.63, 3.8) is 0 Å². The van der Waals surface area contributed by atoms with Gasteiger partial charge in [-0.25, -0.2) is 13.6 Å². The summed E-state index contributed by atoms with van der Waals surface area (Å²) in [6.45, 7) is 1.76. The number of carbonyl (C=O) groups is 2. The molecule has 5 nitrogen and oxygen atoms in total. The molecule has 0 aromatic heterocycles. The highest BCUT2D eigenvalue weighted by atomic mass is 19.2. The average molecular weight is 347 g/mol. The Balaban J connectivity index is 1.74. The molecule has 2 aromatic rings. The van der Waals surface area contributed by atoms with E-state index < -0.39 is 29.6 Å². The summed E-state index contributed by atoms with van der Waals surface area (Å²) in [7, 11) is 0. The molecule has 0 saturated carbocycles. The zero-order valence-electron chi connectivity index (χ0n) is 13.7. The molecule has 0 heterocycles. The van der Waals surface area contributed by atoms with E-state index in [9.17, 15) is 18.4 Å². The Bertz CT molecular complexity index is 738. The minimum Gasteiger partial charge on any atom is -0.348 e. The van der Waals surface area contributed by atoms with Gasteiger partial charge in [0.2, 0.25) is 5.91 Å². The summed E-state index contributed by atoms with van der Waals surface area (Å²) in [5.74, 6) is -2.36. The molecule has 1 unspecified atom stereocenters. The van der Waals surface area contributed by atoms with E-state index in [1.165, 1.54) is 6.07 Å². The van der Waals surface area contributed by atoms with Gasteiger partial charge in [0, 0.05) is 6.54 Å². The van der Waals surface area contributed by atoms with Gasteiger partial charge in [0.25, 0.3) is 0 Å². The number of carbonyl (C=O) groups excluding carboxylic acids is 2. The van der Waals surface area contributed by atoms with Crippen LogP contribution in [0.25, 0.3) is 0 Å². The van der Waals surface area contributed by atoms with Crippen molar-refractivity contribution in [2.24, 2.45) is 0 Å². The fourth-order valence-corrected chi connectivity index (χ4v) is 2.16. The summed E-state index contributed by atoms with van der Waals surface area (Å²) >= 11 is 0. The summed E-state index contributed by atoms with van der Waals surface area (Å²) in [4.78, 5) is 23.5. The number of urea groups is 1. The highest BCUT2D eigenvalue weighted by molar-refractivity contribution is 5.84. The fourth-order valence-electron chi connectivity index (χ4n) is 2.16. The minimum absolute atomic E-state index is 0.228. The molecule has 132 valence electrons. The molecule has 0 bridgehead atoms. The average Bonchev–Trinajstić information content (AvgIpc) is 2.61. The molecule has 25 heavy (non-hydrogen) atoms. The van der Waals surface area contributed by atoms with E-state index in [-0.39, 0.29) is 6.54 Å². The van der Waals surface area contributed by atoms with Gasteiger partial charge in [-0.05, 0) is 30.2 Å². The van der Waals surface area contributed by atoms with Crippen LogP contribution in [0, 0.1) is 11.6 Å². The third-order valence-corrected chi connectivity index (χ3v) is 3.53. The monoisotopic (exact) mass is 347 g/mol. The van der Waals surface area contributed by atoms with Gasteiger partial charge in [0.15, 0.2) is 11.6 Å². The Kier molecular flexibility index (Phi) is 6.45. The van der Waals surface area contributed by atoms with Crippen molar-refractivity contribution < 1.29 is 18.4 Å². The molecule has 7 heteroatoms. The van der Waals surface area contributed by atoms with Gasteiger partial charge in [-0.3, -0.25) is 4.79 Å². The van der Waals surface area contributed by atoms with E-state index >= 15 is 0 Å². The maximum Gasteiger partial charge on any atom is 0.315 e. The first-order valence-electron chi connectivity index (χ1n) is 7.75. The topological polar surface area (TPSA) is 70.2 Å². The van der Waals surface area contributed by atoms with Crippen LogP contribution < -0.4 is 16.0 Å². The lowest BCUT2D eigenvalue weighted by molar-refractivity contribution is -0.120. The molecular weight excluding hydrogens is 328 g/mol. The van der Waals surface area contributed by atoms with Gasteiger partial charge >= 0.3 is 6.03 Å². The van der Waals surface area contributed by atoms with Crippen LogP contribution in [-0.4, -0.2) is 18.5 Å². The van der Waals surface area contributed by atoms with Crippen LogP contribution in [-0.2, 0) is 11.3 Å². The van der Waals surface area contributed by atoms with E-state index in [1.54, 1.807) is 6.92 Å². The first-order chi connectivity index (χ1) is 12.0. The van der Waals surface area contributed by atoms with Gasteiger partial charge in [-0.15, -0.1) is 0 Å². The van der Waals surface area contributed by atoms with Gasteiger partial charge in [0.05, 0.1) is 12.6 Å². The van der Waals surface area contributed by atoms with E-state index in [0.29, 0.717) is 12.1 Å². The number of halogens is 2. The predicted molar refractivity (Wildman–Crippen MR) is 89.6 cm³/mol. The van der Waals surface area contributed by atoms with Crippen LogP contribution in [0.15, 0.2) is 48.5 Å². The lowest BCUT2D eigenvalue weighted by Crippen LogP contribution is -2.42. The molecule has 0 aliphatic carbocycles. The number of amides is 3. The van der Waals surface area contributed by atoms with E-state index in [1.807, 2.05) is 30.3 Å². The van der Waals surface area contributed by atoms with Crippen LogP contribution in [0.3, 0.4) is 0 Å². The number of hydrogen-bond donors (Lipinski definition) is 3. The maximum atomic E-state index is 13.2. The number of hydrogen-bond acceptors (Lipinski definition) is 2. The van der Waals surface area contributed by atoms with Crippen molar-refractivity contribution in [1.82, 2.24) is 16.0 Å². The SMILES string of the molecule is CC(NC(=O)CNC(=O)NCc1ccccc1)c1ccc(F)c(F)c1. The lowest BCUT2D eigenvalue weighted by atomic mass is 10.1. The Morgan fingerprint density at radius 1 is 1.00 bits per heavy atom. The van der Waals surface area contributed by atoms with Crippen LogP contribution in [0.5, 0.6) is 0 Å². The third kappa shape index (κ3) is 5.87. The summed E-state index contributed by atoms with van der Waals surface area (Å²) in [6, 6.07) is 11.8. The lowest BCUT2D eigenvalue weighted by Gasteiger charge is -2.15. The summed E-state index contributed by atoms with van der Waals surface area (Å²) < 4.78 is 26.1. The van der Waals surface area contributed by atoms with Crippen LogP contribution in [0.2, 0.25) is 0 Å². The molecule has 2 rings (SSSR count). The highest BCUT2D eigenvalue weighted by Crippen LogP contribution is 2.15. The van der Waals surface area contributed by atoms with Gasteiger partial charge in [0.1, 0.15) is 0 Å². The number of rotatable bonds is 6. The van der Waals surface area contributed by atoms with Crippen molar-refractivity contribution in [1.29, 1.82) is 0 Å². The first-order valence-corrected chi connectivity index (χ1v) is 7.75. The summed E-state index contributed by atoms with van der Waals surface area (Å²) in [5.41, 5.74) is 1.37. The second-order valence-electron chi connectivity index (χ2n) is 5.48. The number of benzene rings is 2. The van der Waals surface area contributed by atoms with Crippen LogP contribution in [0.1, 0.15) is 24.1 Å². The molecule has 0 aliphatic heterocycles. The smallest absolute Gasteiger partial charge is 0.315 e. The molecule has 0 spiro atoms. The summed E-state index contributed by atoms with van der Waals surface area (Å²) in [5, 5.41) is 7.67. The van der Waals surface area contributed by atoms with Crippen molar-refractivity contribution in [3.8, 4) is 0 Å². The van der Waals surface area contributed by atoms with Gasteiger partial charge in [-0.1, -0.05) is 36.4 Å². The molecule has 1 atom stereocenters. The minimum atomic E-state index is -0.975. The quantitative estimate of drug-likeness (QED) is 0.752. The molecule has 3 amide bonds. The van der Waals surface area contributed by atoms with Gasteiger partial charge < -0.3 is 16.0 Å². The van der Waals surface area contributed by atoms with Crippen LogP contribution in [0.4, 0.5) is 13.6 Å². The molecule has 0 aliphatic rings. The van der Waals surface area contributed by atoms with Gasteiger partial charge in [-0.2, -0.15) is 0 Å².